The van der Waals surface area contributed by atoms with Crippen LogP contribution >= 0.6 is 0 Å². The van der Waals surface area contributed by atoms with Crippen molar-refractivity contribution < 1.29 is 9.47 Å². The highest BCUT2D eigenvalue weighted by Crippen LogP contribution is 2.31. The molecule has 0 radical (unpaired) electrons. The molecule has 0 amide bonds. The van der Waals surface area contributed by atoms with Crippen LogP contribution in [0.25, 0.3) is 0 Å². The molecule has 0 aromatic heterocycles. The molecule has 1 rings (SSSR count). The van der Waals surface area contributed by atoms with Crippen LogP contribution in [0.4, 0.5) is 0 Å². The molecule has 0 bridgehead atoms. The second-order valence-corrected chi connectivity index (χ2v) is 3.77. The van der Waals surface area contributed by atoms with Gasteiger partial charge < -0.3 is 9.47 Å². The van der Waals surface area contributed by atoms with Crippen LogP contribution in [0, 0.1) is 0 Å². The normalized spacial score (nSPS) is 27.2. The van der Waals surface area contributed by atoms with E-state index in [4.69, 9.17) is 9.47 Å². The fraction of sp³-hybridized carbons (Fsp3) is 1.00. The van der Waals surface area contributed by atoms with E-state index in [1.807, 2.05) is 0 Å². The summed E-state index contributed by atoms with van der Waals surface area (Å²) < 4.78 is 11.2. The Morgan fingerprint density at radius 2 is 2.00 bits per heavy atom. The lowest BCUT2D eigenvalue weighted by Crippen LogP contribution is -2.45. The minimum Gasteiger partial charge on any atom is -0.350 e. The van der Waals surface area contributed by atoms with Gasteiger partial charge in [0.1, 0.15) is 0 Å². The molecule has 1 saturated heterocycles. The molecule has 78 valence electrons. The molecule has 0 aromatic rings. The molecule has 1 atom stereocenters. The molecule has 1 aliphatic rings. The van der Waals surface area contributed by atoms with Crippen molar-refractivity contribution in [3.8, 4) is 0 Å². The molecule has 1 aliphatic heterocycles. The second-order valence-electron chi connectivity index (χ2n) is 3.77. The summed E-state index contributed by atoms with van der Waals surface area (Å²) in [6, 6.07) is 0. The Hall–Kier alpha value is -0.0800. The molecule has 0 N–H and O–H groups in total. The molecule has 2 heteroatoms. The highest BCUT2D eigenvalue weighted by atomic mass is 16.7. The van der Waals surface area contributed by atoms with Gasteiger partial charge in [-0.3, -0.25) is 0 Å². The first-order valence-electron chi connectivity index (χ1n) is 5.61. The van der Waals surface area contributed by atoms with E-state index in [1.165, 1.54) is 25.7 Å². The summed E-state index contributed by atoms with van der Waals surface area (Å²) in [5, 5.41) is 0. The van der Waals surface area contributed by atoms with Crippen LogP contribution in [0.3, 0.4) is 0 Å². The lowest BCUT2D eigenvalue weighted by molar-refractivity contribution is -0.308. The highest BCUT2D eigenvalue weighted by molar-refractivity contribution is 4.75. The van der Waals surface area contributed by atoms with Gasteiger partial charge in [0, 0.05) is 6.42 Å². The lowest BCUT2D eigenvalue weighted by atomic mass is 10.1. The third-order valence-corrected chi connectivity index (χ3v) is 2.75. The van der Waals surface area contributed by atoms with Crippen molar-refractivity contribution in [2.24, 2.45) is 0 Å². The van der Waals surface area contributed by atoms with Gasteiger partial charge in [-0.2, -0.15) is 0 Å². The Morgan fingerprint density at radius 3 is 2.46 bits per heavy atom. The SMILES string of the molecule is CCCCCCOC1(CC)CCO1. The van der Waals surface area contributed by atoms with E-state index in [0.717, 1.165) is 26.1 Å². The lowest BCUT2D eigenvalue weighted by Gasteiger charge is -2.40. The van der Waals surface area contributed by atoms with E-state index >= 15 is 0 Å². The molecule has 1 heterocycles. The molecule has 0 aliphatic carbocycles. The van der Waals surface area contributed by atoms with E-state index in [1.54, 1.807) is 0 Å². The molecular formula is C11H22O2. The summed E-state index contributed by atoms with van der Waals surface area (Å²) >= 11 is 0. The number of hydrogen-bond acceptors (Lipinski definition) is 2. The van der Waals surface area contributed by atoms with Gasteiger partial charge in [-0.15, -0.1) is 0 Å². The minimum atomic E-state index is -0.188. The molecular weight excluding hydrogens is 164 g/mol. The third-order valence-electron chi connectivity index (χ3n) is 2.75. The Balaban J connectivity index is 1.98. The number of rotatable bonds is 7. The van der Waals surface area contributed by atoms with Gasteiger partial charge >= 0.3 is 0 Å². The van der Waals surface area contributed by atoms with Gasteiger partial charge in [-0.1, -0.05) is 33.1 Å². The quantitative estimate of drug-likeness (QED) is 0.569. The predicted octanol–water partition coefficient (Wildman–Crippen LogP) is 3.11. The second kappa shape index (κ2) is 5.61. The molecule has 1 unspecified atom stereocenters. The number of ether oxygens (including phenoxy) is 2. The largest absolute Gasteiger partial charge is 0.350 e. The van der Waals surface area contributed by atoms with Gasteiger partial charge in [0.15, 0.2) is 5.79 Å². The number of hydrogen-bond donors (Lipinski definition) is 0. The van der Waals surface area contributed by atoms with Gasteiger partial charge in [0.05, 0.1) is 13.2 Å². The van der Waals surface area contributed by atoms with Gasteiger partial charge in [0.25, 0.3) is 0 Å². The summed E-state index contributed by atoms with van der Waals surface area (Å²) in [5.41, 5.74) is 0. The average Bonchev–Trinajstić information content (AvgIpc) is 2.09. The van der Waals surface area contributed by atoms with Crippen molar-refractivity contribution in [2.45, 2.75) is 58.2 Å². The molecule has 1 fully saturated rings. The Labute approximate surface area is 81.6 Å². The van der Waals surface area contributed by atoms with Crippen LogP contribution in [-0.4, -0.2) is 19.0 Å². The van der Waals surface area contributed by atoms with Gasteiger partial charge in [0.2, 0.25) is 0 Å². The van der Waals surface area contributed by atoms with Crippen LogP contribution in [0.15, 0.2) is 0 Å². The van der Waals surface area contributed by atoms with Crippen molar-refractivity contribution in [1.82, 2.24) is 0 Å². The van der Waals surface area contributed by atoms with Crippen molar-refractivity contribution in [2.75, 3.05) is 13.2 Å². The fourth-order valence-electron chi connectivity index (χ4n) is 1.61. The molecule has 13 heavy (non-hydrogen) atoms. The van der Waals surface area contributed by atoms with Crippen LogP contribution in [0.5, 0.6) is 0 Å². The summed E-state index contributed by atoms with van der Waals surface area (Å²) in [5.74, 6) is -0.188. The molecule has 0 saturated carbocycles. The summed E-state index contributed by atoms with van der Waals surface area (Å²) in [6.45, 7) is 6.10. The third kappa shape index (κ3) is 3.28. The van der Waals surface area contributed by atoms with Crippen molar-refractivity contribution >= 4 is 0 Å². The van der Waals surface area contributed by atoms with Crippen LogP contribution in [0.2, 0.25) is 0 Å². The van der Waals surface area contributed by atoms with E-state index in [-0.39, 0.29) is 5.79 Å². The first kappa shape index (κ1) is 11.0. The first-order chi connectivity index (χ1) is 6.33. The van der Waals surface area contributed by atoms with Crippen molar-refractivity contribution in [3.05, 3.63) is 0 Å². The molecule has 2 nitrogen and oxygen atoms in total. The van der Waals surface area contributed by atoms with Gasteiger partial charge in [-0.05, 0) is 12.8 Å². The first-order valence-corrected chi connectivity index (χ1v) is 5.61. The zero-order chi connectivity index (χ0) is 9.57. The van der Waals surface area contributed by atoms with Crippen molar-refractivity contribution in [3.63, 3.8) is 0 Å². The maximum atomic E-state index is 5.74. The van der Waals surface area contributed by atoms with Crippen LogP contribution in [0.1, 0.15) is 52.4 Å². The van der Waals surface area contributed by atoms with E-state index in [0.29, 0.717) is 0 Å². The maximum Gasteiger partial charge on any atom is 0.170 e. The monoisotopic (exact) mass is 186 g/mol. The fourth-order valence-corrected chi connectivity index (χ4v) is 1.61. The molecule has 0 spiro atoms. The topological polar surface area (TPSA) is 18.5 Å². The number of unbranched alkanes of at least 4 members (excludes halogenated alkanes) is 3. The Bertz CT molecular complexity index is 125. The Morgan fingerprint density at radius 1 is 1.23 bits per heavy atom. The van der Waals surface area contributed by atoms with Crippen molar-refractivity contribution in [1.29, 1.82) is 0 Å². The smallest absolute Gasteiger partial charge is 0.170 e. The molecule has 0 aromatic carbocycles. The zero-order valence-electron chi connectivity index (χ0n) is 8.97. The summed E-state index contributed by atoms with van der Waals surface area (Å²) in [7, 11) is 0. The Kier molecular flexibility index (Phi) is 4.74. The predicted molar refractivity (Wildman–Crippen MR) is 53.7 cm³/mol. The maximum absolute atomic E-state index is 5.74. The average molecular weight is 186 g/mol. The van der Waals surface area contributed by atoms with Crippen LogP contribution in [-0.2, 0) is 9.47 Å². The van der Waals surface area contributed by atoms with Crippen LogP contribution < -0.4 is 0 Å². The minimum absolute atomic E-state index is 0.188. The summed E-state index contributed by atoms with van der Waals surface area (Å²) in [6.07, 6.45) is 7.14. The van der Waals surface area contributed by atoms with E-state index in [2.05, 4.69) is 13.8 Å². The van der Waals surface area contributed by atoms with Gasteiger partial charge in [-0.25, -0.2) is 0 Å². The zero-order valence-corrected chi connectivity index (χ0v) is 8.97. The summed E-state index contributed by atoms with van der Waals surface area (Å²) in [4.78, 5) is 0. The standard InChI is InChI=1S/C11H22O2/c1-3-5-6-7-9-12-11(4-2)8-10-13-11/h3-10H2,1-2H3. The van der Waals surface area contributed by atoms with E-state index in [9.17, 15) is 0 Å². The van der Waals surface area contributed by atoms with E-state index < -0.39 is 0 Å². The highest BCUT2D eigenvalue weighted by Gasteiger charge is 2.37.